The van der Waals surface area contributed by atoms with Crippen LogP contribution in [0.15, 0.2) is 6.33 Å². The van der Waals surface area contributed by atoms with E-state index in [-0.39, 0.29) is 5.54 Å². The molecule has 1 aliphatic heterocycles. The van der Waals surface area contributed by atoms with Gasteiger partial charge in [0.25, 0.3) is 0 Å². The molecule has 1 aliphatic rings. The van der Waals surface area contributed by atoms with E-state index in [0.29, 0.717) is 5.41 Å². The number of nitrogens with one attached hydrogen (secondary N) is 2. The number of fused-ring (bicyclic) bond motifs is 1. The minimum absolute atomic E-state index is 0.0564. The zero-order valence-electron chi connectivity index (χ0n) is 10.9. The van der Waals surface area contributed by atoms with E-state index in [0.717, 1.165) is 19.4 Å². The van der Waals surface area contributed by atoms with Crippen LogP contribution in [0.2, 0.25) is 0 Å². The van der Waals surface area contributed by atoms with Crippen molar-refractivity contribution in [3.63, 3.8) is 0 Å². The zero-order valence-corrected chi connectivity index (χ0v) is 10.9. The van der Waals surface area contributed by atoms with Gasteiger partial charge in [-0.15, -0.1) is 0 Å². The summed E-state index contributed by atoms with van der Waals surface area (Å²) in [5, 5.41) is 3.63. The van der Waals surface area contributed by atoms with Gasteiger partial charge in [0.2, 0.25) is 0 Å². The summed E-state index contributed by atoms with van der Waals surface area (Å²) in [6, 6.07) is 0. The molecule has 2 N–H and O–H groups in total. The van der Waals surface area contributed by atoms with Crippen molar-refractivity contribution in [1.82, 2.24) is 15.3 Å². The first-order valence-corrected chi connectivity index (χ1v) is 6.18. The van der Waals surface area contributed by atoms with Crippen molar-refractivity contribution in [1.29, 1.82) is 0 Å². The number of rotatable bonds is 2. The van der Waals surface area contributed by atoms with Gasteiger partial charge in [0.15, 0.2) is 0 Å². The summed E-state index contributed by atoms with van der Waals surface area (Å²) >= 11 is 0. The van der Waals surface area contributed by atoms with Crippen molar-refractivity contribution in [3.05, 3.63) is 17.7 Å². The molecule has 0 bridgehead atoms. The minimum atomic E-state index is 0.0564. The maximum Gasteiger partial charge on any atom is 0.0926 e. The second-order valence-corrected chi connectivity index (χ2v) is 6.30. The SMILES string of the molecule is CC(C)(C)CCC1(C)NCCc2[nH]cnc21. The zero-order chi connectivity index (χ0) is 11.8. The molecule has 1 unspecified atom stereocenters. The molecule has 0 spiro atoms. The van der Waals surface area contributed by atoms with Gasteiger partial charge >= 0.3 is 0 Å². The van der Waals surface area contributed by atoms with Crippen molar-refractivity contribution < 1.29 is 0 Å². The van der Waals surface area contributed by atoms with Gasteiger partial charge in [0.05, 0.1) is 17.6 Å². The molecule has 0 saturated heterocycles. The van der Waals surface area contributed by atoms with Crippen molar-refractivity contribution in [2.24, 2.45) is 5.41 Å². The lowest BCUT2D eigenvalue weighted by molar-refractivity contribution is 0.251. The number of aromatic amines is 1. The number of aromatic nitrogens is 2. The van der Waals surface area contributed by atoms with Crippen LogP contribution in [0, 0.1) is 5.41 Å². The van der Waals surface area contributed by atoms with E-state index in [1.54, 1.807) is 0 Å². The Morgan fingerprint density at radius 1 is 1.44 bits per heavy atom. The van der Waals surface area contributed by atoms with Crippen molar-refractivity contribution >= 4 is 0 Å². The Morgan fingerprint density at radius 2 is 2.19 bits per heavy atom. The molecule has 0 amide bonds. The Morgan fingerprint density at radius 3 is 2.88 bits per heavy atom. The van der Waals surface area contributed by atoms with E-state index < -0.39 is 0 Å². The van der Waals surface area contributed by atoms with Gasteiger partial charge in [-0.2, -0.15) is 0 Å². The van der Waals surface area contributed by atoms with E-state index in [4.69, 9.17) is 0 Å². The molecule has 3 heteroatoms. The van der Waals surface area contributed by atoms with Gasteiger partial charge in [-0.3, -0.25) is 0 Å². The molecule has 90 valence electrons. The summed E-state index contributed by atoms with van der Waals surface area (Å²) in [7, 11) is 0. The fourth-order valence-corrected chi connectivity index (χ4v) is 2.37. The molecule has 1 atom stereocenters. The van der Waals surface area contributed by atoms with Crippen LogP contribution in [0.25, 0.3) is 0 Å². The Balaban J connectivity index is 2.15. The fourth-order valence-electron chi connectivity index (χ4n) is 2.37. The van der Waals surface area contributed by atoms with E-state index in [1.807, 2.05) is 6.33 Å². The smallest absolute Gasteiger partial charge is 0.0926 e. The first kappa shape index (κ1) is 11.6. The Kier molecular flexibility index (Phi) is 2.82. The minimum Gasteiger partial charge on any atom is -0.348 e. The Labute approximate surface area is 98.1 Å². The quantitative estimate of drug-likeness (QED) is 0.806. The largest absolute Gasteiger partial charge is 0.348 e. The molecule has 3 nitrogen and oxygen atoms in total. The van der Waals surface area contributed by atoms with Crippen LogP contribution in [0.3, 0.4) is 0 Å². The molecule has 1 aromatic heterocycles. The topological polar surface area (TPSA) is 40.7 Å². The average Bonchev–Trinajstić information content (AvgIpc) is 2.64. The van der Waals surface area contributed by atoms with E-state index in [2.05, 4.69) is 43.0 Å². The highest BCUT2D eigenvalue weighted by Gasteiger charge is 2.34. The Bertz CT molecular complexity index is 361. The molecule has 0 aromatic carbocycles. The molecule has 0 fully saturated rings. The maximum absolute atomic E-state index is 4.49. The highest BCUT2D eigenvalue weighted by Crippen LogP contribution is 2.34. The van der Waals surface area contributed by atoms with Crippen LogP contribution in [0.1, 0.15) is 51.9 Å². The molecule has 0 radical (unpaired) electrons. The average molecular weight is 221 g/mol. The van der Waals surface area contributed by atoms with Crippen LogP contribution in [-0.2, 0) is 12.0 Å². The second-order valence-electron chi connectivity index (χ2n) is 6.30. The van der Waals surface area contributed by atoms with Crippen LogP contribution >= 0.6 is 0 Å². The third-order valence-electron chi connectivity index (χ3n) is 3.51. The lowest BCUT2D eigenvalue weighted by Crippen LogP contribution is -2.45. The number of hydrogen-bond donors (Lipinski definition) is 2. The number of imidazole rings is 1. The molecule has 2 rings (SSSR count). The number of hydrogen-bond acceptors (Lipinski definition) is 2. The molecule has 2 heterocycles. The van der Waals surface area contributed by atoms with Gasteiger partial charge in [-0.1, -0.05) is 20.8 Å². The Hall–Kier alpha value is -0.830. The van der Waals surface area contributed by atoms with E-state index in [1.165, 1.54) is 17.8 Å². The van der Waals surface area contributed by atoms with Crippen molar-refractivity contribution in [2.75, 3.05) is 6.54 Å². The van der Waals surface area contributed by atoms with Crippen LogP contribution in [0.5, 0.6) is 0 Å². The molecular formula is C13H23N3. The molecule has 0 aliphatic carbocycles. The first-order chi connectivity index (χ1) is 7.41. The second kappa shape index (κ2) is 3.88. The highest BCUT2D eigenvalue weighted by molar-refractivity contribution is 5.24. The third kappa shape index (κ3) is 2.29. The lowest BCUT2D eigenvalue weighted by Gasteiger charge is -2.36. The monoisotopic (exact) mass is 221 g/mol. The van der Waals surface area contributed by atoms with Gasteiger partial charge in [-0.25, -0.2) is 4.98 Å². The van der Waals surface area contributed by atoms with Gasteiger partial charge in [0.1, 0.15) is 0 Å². The standard InChI is InChI=1S/C13H23N3/c1-12(2,3)6-7-13(4)11-10(5-8-16-13)14-9-15-11/h9,16H,5-8H2,1-4H3,(H,14,15). The summed E-state index contributed by atoms with van der Waals surface area (Å²) in [4.78, 5) is 7.75. The summed E-state index contributed by atoms with van der Waals surface area (Å²) in [6.07, 6.45) is 5.25. The van der Waals surface area contributed by atoms with Gasteiger partial charge in [0, 0.05) is 18.7 Å². The summed E-state index contributed by atoms with van der Waals surface area (Å²) in [5.74, 6) is 0. The predicted molar refractivity (Wildman–Crippen MR) is 66.3 cm³/mol. The summed E-state index contributed by atoms with van der Waals surface area (Å²) < 4.78 is 0. The van der Waals surface area contributed by atoms with Gasteiger partial charge < -0.3 is 10.3 Å². The third-order valence-corrected chi connectivity index (χ3v) is 3.51. The van der Waals surface area contributed by atoms with Crippen LogP contribution in [0.4, 0.5) is 0 Å². The first-order valence-electron chi connectivity index (χ1n) is 6.18. The summed E-state index contributed by atoms with van der Waals surface area (Å²) in [5.41, 5.74) is 2.98. The molecule has 16 heavy (non-hydrogen) atoms. The number of nitrogens with zero attached hydrogens (tertiary/aromatic N) is 1. The molecular weight excluding hydrogens is 198 g/mol. The van der Waals surface area contributed by atoms with E-state index in [9.17, 15) is 0 Å². The van der Waals surface area contributed by atoms with Crippen molar-refractivity contribution in [3.8, 4) is 0 Å². The fraction of sp³-hybridized carbons (Fsp3) is 0.769. The summed E-state index contributed by atoms with van der Waals surface area (Å²) in [6.45, 7) is 10.2. The van der Waals surface area contributed by atoms with Crippen molar-refractivity contribution in [2.45, 2.75) is 52.5 Å². The van der Waals surface area contributed by atoms with Crippen LogP contribution < -0.4 is 5.32 Å². The molecule has 1 aromatic rings. The molecule has 0 saturated carbocycles. The lowest BCUT2D eigenvalue weighted by atomic mass is 9.80. The highest BCUT2D eigenvalue weighted by atomic mass is 15.1. The predicted octanol–water partition coefficient (Wildman–Crippen LogP) is 2.60. The van der Waals surface area contributed by atoms with Gasteiger partial charge in [-0.05, 0) is 25.2 Å². The normalized spacial score (nSPS) is 25.5. The van der Waals surface area contributed by atoms with Crippen LogP contribution in [-0.4, -0.2) is 16.5 Å². The van der Waals surface area contributed by atoms with E-state index >= 15 is 0 Å². The maximum atomic E-state index is 4.49. The number of H-pyrrole nitrogens is 1.